The number of carboxylic acids is 1. The summed E-state index contributed by atoms with van der Waals surface area (Å²) in [6.45, 7) is 0.700. The van der Waals surface area contributed by atoms with Crippen LogP contribution in [0.1, 0.15) is 34.6 Å². The number of aryl methyl sites for hydroxylation is 2. The highest BCUT2D eigenvalue weighted by Crippen LogP contribution is 2.24. The molecule has 6 heteroatoms. The van der Waals surface area contributed by atoms with Gasteiger partial charge < -0.3 is 5.11 Å². The number of nitrogens with zero attached hydrogens (tertiary/aromatic N) is 3. The Bertz CT molecular complexity index is 1190. The minimum Gasteiger partial charge on any atom is -0.478 e. The lowest BCUT2D eigenvalue weighted by Gasteiger charge is -2.09. The van der Waals surface area contributed by atoms with Crippen molar-refractivity contribution >= 4 is 5.97 Å². The molecule has 0 unspecified atom stereocenters. The molecule has 1 N–H and O–H groups in total. The van der Waals surface area contributed by atoms with E-state index in [9.17, 15) is 14.7 Å². The molecule has 0 saturated carbocycles. The van der Waals surface area contributed by atoms with E-state index in [1.165, 1.54) is 4.68 Å². The molecule has 0 radical (unpaired) electrons. The molecule has 0 amide bonds. The Morgan fingerprint density at radius 3 is 2.40 bits per heavy atom. The second-order valence-electron chi connectivity index (χ2n) is 6.71. The van der Waals surface area contributed by atoms with Crippen molar-refractivity contribution < 1.29 is 9.90 Å². The van der Waals surface area contributed by atoms with Gasteiger partial charge in [0.15, 0.2) is 0 Å². The molecule has 1 heterocycles. The summed E-state index contributed by atoms with van der Waals surface area (Å²) in [5.41, 5.74) is 2.35. The number of hydrogen-bond donors (Lipinski definition) is 1. The van der Waals surface area contributed by atoms with Gasteiger partial charge in [-0.3, -0.25) is 4.57 Å². The van der Waals surface area contributed by atoms with Gasteiger partial charge >= 0.3 is 11.7 Å². The van der Waals surface area contributed by atoms with E-state index in [2.05, 4.69) is 16.9 Å². The molecular weight excluding hydrogens is 378 g/mol. The van der Waals surface area contributed by atoms with Gasteiger partial charge in [0.25, 0.3) is 0 Å². The fourth-order valence-electron chi connectivity index (χ4n) is 3.22. The van der Waals surface area contributed by atoms with Crippen LogP contribution in [-0.2, 0) is 19.5 Å². The number of carbonyl (C=O) groups is 1. The fraction of sp³-hybridized carbons (Fsp3) is 0.208. The summed E-state index contributed by atoms with van der Waals surface area (Å²) in [4.78, 5) is 24.2. The van der Waals surface area contributed by atoms with Gasteiger partial charge in [-0.1, -0.05) is 42.5 Å². The summed E-state index contributed by atoms with van der Waals surface area (Å²) in [7, 11) is 0. The minimum atomic E-state index is -0.973. The molecule has 150 valence electrons. The molecule has 0 aliphatic rings. The van der Waals surface area contributed by atoms with Crippen molar-refractivity contribution in [3.05, 3.63) is 76.0 Å². The van der Waals surface area contributed by atoms with Crippen LogP contribution in [0.2, 0.25) is 0 Å². The third-order valence-corrected chi connectivity index (χ3v) is 4.72. The zero-order chi connectivity index (χ0) is 21.5. The third kappa shape index (κ3) is 4.51. The van der Waals surface area contributed by atoms with Gasteiger partial charge in [0.05, 0.1) is 18.7 Å². The van der Waals surface area contributed by atoms with E-state index >= 15 is 0 Å². The topological polar surface area (TPSA) is 77.1 Å². The quantitative estimate of drug-likeness (QED) is 0.591. The van der Waals surface area contributed by atoms with Crippen LogP contribution in [0.15, 0.2) is 53.3 Å². The number of benzene rings is 2. The molecule has 6 nitrogen and oxygen atoms in total. The van der Waals surface area contributed by atoms with Crippen LogP contribution < -0.4 is 5.69 Å². The molecule has 0 aliphatic carbocycles. The second-order valence-corrected chi connectivity index (χ2v) is 6.71. The third-order valence-electron chi connectivity index (χ3n) is 4.72. The minimum absolute atomic E-state index is 0.224. The van der Waals surface area contributed by atoms with E-state index in [4.69, 9.17) is 12.8 Å². The van der Waals surface area contributed by atoms with E-state index < -0.39 is 5.97 Å². The van der Waals surface area contributed by atoms with E-state index in [0.29, 0.717) is 43.7 Å². The zero-order valence-corrected chi connectivity index (χ0v) is 16.4. The van der Waals surface area contributed by atoms with E-state index in [1.807, 2.05) is 24.3 Å². The monoisotopic (exact) mass is 399 g/mol. The van der Waals surface area contributed by atoms with Crippen molar-refractivity contribution in [2.45, 2.75) is 32.4 Å². The summed E-state index contributed by atoms with van der Waals surface area (Å²) in [6, 6.07) is 14.3. The van der Waals surface area contributed by atoms with Gasteiger partial charge in [0, 0.05) is 19.3 Å². The Morgan fingerprint density at radius 2 is 1.73 bits per heavy atom. The van der Waals surface area contributed by atoms with E-state index in [-0.39, 0.29) is 11.3 Å². The Kier molecular flexibility index (Phi) is 6.52. The van der Waals surface area contributed by atoms with Crippen molar-refractivity contribution in [1.29, 1.82) is 0 Å². The Morgan fingerprint density at radius 1 is 1.03 bits per heavy atom. The van der Waals surface area contributed by atoms with Gasteiger partial charge in [-0.2, -0.15) is 5.10 Å². The molecule has 2 aromatic carbocycles. The van der Waals surface area contributed by atoms with Crippen molar-refractivity contribution in [3.8, 4) is 35.8 Å². The van der Waals surface area contributed by atoms with Crippen LogP contribution in [0.25, 0.3) is 11.1 Å². The lowest BCUT2D eigenvalue weighted by Crippen LogP contribution is -2.26. The van der Waals surface area contributed by atoms with E-state index in [0.717, 1.165) is 11.1 Å². The highest BCUT2D eigenvalue weighted by Gasteiger charge is 2.14. The molecule has 0 spiro atoms. The molecule has 0 fully saturated rings. The molecule has 0 aliphatic heterocycles. The van der Waals surface area contributed by atoms with Crippen LogP contribution >= 0.6 is 0 Å². The first-order valence-electron chi connectivity index (χ1n) is 9.50. The summed E-state index contributed by atoms with van der Waals surface area (Å²) in [5, 5.41) is 13.8. The van der Waals surface area contributed by atoms with Crippen LogP contribution in [-0.4, -0.2) is 25.4 Å². The number of aromatic carboxylic acids is 1. The normalized spacial score (nSPS) is 10.3. The Balaban J connectivity index is 1.89. The first kappa shape index (κ1) is 20.7. The van der Waals surface area contributed by atoms with Crippen LogP contribution in [0.4, 0.5) is 0 Å². The molecule has 3 aromatic rings. The summed E-state index contributed by atoms with van der Waals surface area (Å²) < 4.78 is 2.98. The highest BCUT2D eigenvalue weighted by atomic mass is 16.4. The summed E-state index contributed by atoms with van der Waals surface area (Å²) >= 11 is 0. The molecule has 1 aromatic heterocycles. The molecule has 0 saturated heterocycles. The predicted octanol–water partition coefficient (Wildman–Crippen LogP) is 3.05. The van der Waals surface area contributed by atoms with Crippen molar-refractivity contribution in [3.63, 3.8) is 0 Å². The number of rotatable bonds is 8. The van der Waals surface area contributed by atoms with Gasteiger partial charge in [-0.05, 0) is 22.8 Å². The average Bonchev–Trinajstić information content (AvgIpc) is 3.05. The van der Waals surface area contributed by atoms with Crippen LogP contribution in [0.5, 0.6) is 0 Å². The first-order valence-corrected chi connectivity index (χ1v) is 9.50. The zero-order valence-electron chi connectivity index (χ0n) is 16.4. The van der Waals surface area contributed by atoms with Crippen molar-refractivity contribution in [1.82, 2.24) is 14.3 Å². The lowest BCUT2D eigenvalue weighted by molar-refractivity contribution is 0.0697. The van der Waals surface area contributed by atoms with Gasteiger partial charge in [0.2, 0.25) is 0 Å². The maximum atomic E-state index is 12.7. The number of hydrogen-bond acceptors (Lipinski definition) is 3. The smallest absolute Gasteiger partial charge is 0.346 e. The Hall–Kier alpha value is -4.03. The average molecular weight is 399 g/mol. The van der Waals surface area contributed by atoms with Gasteiger partial charge in [0.1, 0.15) is 5.82 Å². The SMILES string of the molecule is C#CCCc1nn(CCC#C)c(=O)n1Cc1ccc(-c2ccccc2C(=O)O)cc1. The first-order chi connectivity index (χ1) is 14.5. The lowest BCUT2D eigenvalue weighted by atomic mass is 9.99. The van der Waals surface area contributed by atoms with Crippen LogP contribution in [0.3, 0.4) is 0 Å². The largest absolute Gasteiger partial charge is 0.478 e. The standard InChI is InChI=1S/C24H21N3O3/c1-3-5-11-22-25-27(16-6-4-2)24(30)26(22)17-18-12-14-19(15-13-18)20-9-7-8-10-21(20)23(28)29/h1-2,7-10,12-15H,5-6,11,16-17H2,(H,28,29). The van der Waals surface area contributed by atoms with Gasteiger partial charge in [-0.15, -0.1) is 24.7 Å². The number of carboxylic acid groups (broad SMARTS) is 1. The molecule has 3 rings (SSSR count). The molecule has 0 bridgehead atoms. The number of terminal acetylenes is 2. The predicted molar refractivity (Wildman–Crippen MR) is 115 cm³/mol. The van der Waals surface area contributed by atoms with Crippen molar-refractivity contribution in [2.24, 2.45) is 0 Å². The highest BCUT2D eigenvalue weighted by molar-refractivity contribution is 5.95. The fourth-order valence-corrected chi connectivity index (χ4v) is 3.22. The second kappa shape index (κ2) is 9.45. The van der Waals surface area contributed by atoms with Crippen LogP contribution in [0, 0.1) is 24.7 Å². The molecular formula is C24H21N3O3. The summed E-state index contributed by atoms with van der Waals surface area (Å²) in [6.07, 6.45) is 12.1. The number of aromatic nitrogens is 3. The maximum absolute atomic E-state index is 12.7. The molecule has 30 heavy (non-hydrogen) atoms. The van der Waals surface area contributed by atoms with Gasteiger partial charge in [-0.25, -0.2) is 14.3 Å². The van der Waals surface area contributed by atoms with E-state index in [1.54, 1.807) is 28.8 Å². The Labute approximate surface area is 174 Å². The molecule has 0 atom stereocenters. The summed E-state index contributed by atoms with van der Waals surface area (Å²) in [5.74, 6) is 4.74. The maximum Gasteiger partial charge on any atom is 0.346 e. The van der Waals surface area contributed by atoms with Crippen molar-refractivity contribution in [2.75, 3.05) is 0 Å².